The molecule has 0 aliphatic carbocycles. The fourth-order valence-electron chi connectivity index (χ4n) is 2.33. The van der Waals surface area contributed by atoms with Gasteiger partial charge in [-0.15, -0.1) is 0 Å². The van der Waals surface area contributed by atoms with Gasteiger partial charge in [0.2, 0.25) is 10.0 Å². The number of rotatable bonds is 7. The number of sulfonamides is 1. The zero-order valence-electron chi connectivity index (χ0n) is 13.0. The topological polar surface area (TPSA) is 72.2 Å². The van der Waals surface area contributed by atoms with Gasteiger partial charge in [0.1, 0.15) is 4.99 Å². The lowest BCUT2D eigenvalue weighted by Crippen LogP contribution is -2.34. The van der Waals surface area contributed by atoms with Crippen molar-refractivity contribution in [1.29, 1.82) is 0 Å². The van der Waals surface area contributed by atoms with Crippen LogP contribution in [0.4, 0.5) is 0 Å². The molecule has 0 spiro atoms. The van der Waals surface area contributed by atoms with E-state index in [2.05, 4.69) is 32.4 Å². The lowest BCUT2D eigenvalue weighted by Gasteiger charge is -2.25. The second-order valence-electron chi connectivity index (χ2n) is 5.89. The second kappa shape index (κ2) is 7.33. The molecule has 0 fully saturated rings. The summed E-state index contributed by atoms with van der Waals surface area (Å²) in [5.41, 5.74) is 6.16. The van der Waals surface area contributed by atoms with E-state index in [9.17, 15) is 8.42 Å². The number of hydrogen-bond donors (Lipinski definition) is 2. The van der Waals surface area contributed by atoms with E-state index in [-0.39, 0.29) is 9.88 Å². The van der Waals surface area contributed by atoms with Crippen LogP contribution in [0.15, 0.2) is 29.2 Å². The highest BCUT2D eigenvalue weighted by Gasteiger charge is 2.21. The molecule has 0 atom stereocenters. The molecular weight excluding hydrogens is 304 g/mol. The summed E-state index contributed by atoms with van der Waals surface area (Å²) in [5, 5.41) is 0. The van der Waals surface area contributed by atoms with Crippen molar-refractivity contribution in [3.05, 3.63) is 29.8 Å². The first-order chi connectivity index (χ1) is 9.65. The second-order valence-corrected chi connectivity index (χ2v) is 8.10. The number of nitrogens with two attached hydrogens (primary N) is 1. The highest BCUT2D eigenvalue weighted by molar-refractivity contribution is 7.89. The van der Waals surface area contributed by atoms with Crippen LogP contribution in [0.3, 0.4) is 0 Å². The third-order valence-electron chi connectivity index (χ3n) is 3.67. The Morgan fingerprint density at radius 3 is 2.00 bits per heavy atom. The molecule has 0 heterocycles. The summed E-state index contributed by atoms with van der Waals surface area (Å²) in [6.07, 6.45) is 0. The van der Waals surface area contributed by atoms with Gasteiger partial charge in [-0.1, -0.05) is 52.0 Å². The van der Waals surface area contributed by atoms with E-state index < -0.39 is 10.0 Å². The lowest BCUT2D eigenvalue weighted by atomic mass is 9.86. The summed E-state index contributed by atoms with van der Waals surface area (Å²) in [7, 11) is -3.50. The van der Waals surface area contributed by atoms with Crippen molar-refractivity contribution in [3.63, 3.8) is 0 Å². The molecule has 4 nitrogen and oxygen atoms in total. The summed E-state index contributed by atoms with van der Waals surface area (Å²) in [4.78, 5) is 0.486. The van der Waals surface area contributed by atoms with Crippen molar-refractivity contribution in [1.82, 2.24) is 4.72 Å². The van der Waals surface area contributed by atoms with Gasteiger partial charge in [0.15, 0.2) is 0 Å². The van der Waals surface area contributed by atoms with Crippen LogP contribution in [0, 0.1) is 17.8 Å². The standard InChI is InChI=1S/C15H24N2O2S2/c1-10(2)14(11(3)4)9-17-21(18,19)13-7-5-12(6-8-13)15(16)20/h5-8,10-11,14,17H,9H2,1-4H3,(H2,16,20). The monoisotopic (exact) mass is 328 g/mol. The Balaban J connectivity index is 2.84. The fraction of sp³-hybridized carbons (Fsp3) is 0.533. The van der Waals surface area contributed by atoms with E-state index in [0.717, 1.165) is 0 Å². The molecule has 0 aliphatic rings. The van der Waals surface area contributed by atoms with Crippen LogP contribution < -0.4 is 10.5 Å². The Labute approximate surface area is 133 Å². The minimum absolute atomic E-state index is 0.230. The molecule has 0 aliphatic heterocycles. The first-order valence-corrected chi connectivity index (χ1v) is 8.94. The zero-order valence-corrected chi connectivity index (χ0v) is 14.6. The van der Waals surface area contributed by atoms with E-state index in [1.165, 1.54) is 12.1 Å². The molecule has 1 aromatic carbocycles. The Bertz CT molecular complexity index is 570. The molecule has 0 saturated heterocycles. The van der Waals surface area contributed by atoms with Gasteiger partial charge in [0, 0.05) is 12.1 Å². The molecule has 0 unspecified atom stereocenters. The summed E-state index contributed by atoms with van der Waals surface area (Å²) < 4.78 is 27.3. The van der Waals surface area contributed by atoms with Crippen LogP contribution in [-0.2, 0) is 10.0 Å². The maximum absolute atomic E-state index is 12.3. The number of nitrogens with one attached hydrogen (secondary N) is 1. The van der Waals surface area contributed by atoms with Crippen LogP contribution in [-0.4, -0.2) is 20.0 Å². The average Bonchev–Trinajstić information content (AvgIpc) is 2.38. The van der Waals surface area contributed by atoms with Crippen LogP contribution in [0.5, 0.6) is 0 Å². The first kappa shape index (κ1) is 18.1. The maximum atomic E-state index is 12.3. The quantitative estimate of drug-likeness (QED) is 0.755. The van der Waals surface area contributed by atoms with Gasteiger partial charge in [0.25, 0.3) is 0 Å². The minimum atomic E-state index is -3.50. The van der Waals surface area contributed by atoms with Crippen LogP contribution in [0.25, 0.3) is 0 Å². The molecule has 1 rings (SSSR count). The summed E-state index contributed by atoms with van der Waals surface area (Å²) in [6, 6.07) is 6.30. The summed E-state index contributed by atoms with van der Waals surface area (Å²) in [5.74, 6) is 1.14. The van der Waals surface area contributed by atoms with Gasteiger partial charge in [0.05, 0.1) is 4.90 Å². The molecule has 0 saturated carbocycles. The molecule has 6 heteroatoms. The third-order valence-corrected chi connectivity index (χ3v) is 5.35. The highest BCUT2D eigenvalue weighted by atomic mass is 32.2. The maximum Gasteiger partial charge on any atom is 0.240 e. The van der Waals surface area contributed by atoms with Crippen molar-refractivity contribution < 1.29 is 8.42 Å². The SMILES string of the molecule is CC(C)C(CNS(=O)(=O)c1ccc(C(N)=S)cc1)C(C)C. The summed E-state index contributed by atoms with van der Waals surface area (Å²) >= 11 is 4.85. The molecule has 3 N–H and O–H groups in total. The molecule has 21 heavy (non-hydrogen) atoms. The van der Waals surface area contributed by atoms with Crippen LogP contribution in [0.2, 0.25) is 0 Å². The lowest BCUT2D eigenvalue weighted by molar-refractivity contribution is 0.289. The van der Waals surface area contributed by atoms with Gasteiger partial charge >= 0.3 is 0 Å². The largest absolute Gasteiger partial charge is 0.389 e. The molecule has 0 aromatic heterocycles. The molecule has 1 aromatic rings. The van der Waals surface area contributed by atoms with Crippen molar-refractivity contribution in [2.24, 2.45) is 23.5 Å². The summed E-state index contributed by atoms with van der Waals surface area (Å²) in [6.45, 7) is 8.87. The van der Waals surface area contributed by atoms with Crippen LogP contribution >= 0.6 is 12.2 Å². The van der Waals surface area contributed by atoms with E-state index in [4.69, 9.17) is 18.0 Å². The van der Waals surface area contributed by atoms with E-state index in [1.807, 2.05) is 0 Å². The molecule has 0 amide bonds. The van der Waals surface area contributed by atoms with E-state index in [1.54, 1.807) is 12.1 Å². The normalized spacial score (nSPS) is 12.3. The number of hydrogen-bond acceptors (Lipinski definition) is 3. The van der Waals surface area contributed by atoms with Gasteiger partial charge < -0.3 is 5.73 Å². The van der Waals surface area contributed by atoms with Crippen molar-refractivity contribution >= 4 is 27.2 Å². The van der Waals surface area contributed by atoms with Crippen molar-refractivity contribution in [3.8, 4) is 0 Å². The van der Waals surface area contributed by atoms with Gasteiger partial charge in [-0.05, 0) is 29.9 Å². The molecule has 0 radical (unpaired) electrons. The van der Waals surface area contributed by atoms with E-state index >= 15 is 0 Å². The average molecular weight is 329 g/mol. The van der Waals surface area contributed by atoms with Crippen molar-refractivity contribution in [2.45, 2.75) is 32.6 Å². The predicted octanol–water partition coefficient (Wildman–Crippen LogP) is 2.53. The van der Waals surface area contributed by atoms with Gasteiger partial charge in [-0.25, -0.2) is 13.1 Å². The van der Waals surface area contributed by atoms with E-state index in [0.29, 0.717) is 29.9 Å². The van der Waals surface area contributed by atoms with Gasteiger partial charge in [-0.2, -0.15) is 0 Å². The first-order valence-electron chi connectivity index (χ1n) is 7.04. The number of thiocarbonyl (C=S) groups is 1. The van der Waals surface area contributed by atoms with Crippen molar-refractivity contribution in [2.75, 3.05) is 6.54 Å². The molecular formula is C15H24N2O2S2. The van der Waals surface area contributed by atoms with Gasteiger partial charge in [-0.3, -0.25) is 0 Å². The fourth-order valence-corrected chi connectivity index (χ4v) is 3.54. The zero-order chi connectivity index (χ0) is 16.2. The smallest absolute Gasteiger partial charge is 0.240 e. The Morgan fingerprint density at radius 2 is 1.62 bits per heavy atom. The van der Waals surface area contributed by atoms with Crippen LogP contribution in [0.1, 0.15) is 33.3 Å². The number of benzene rings is 1. The molecule has 0 bridgehead atoms. The Hall–Kier alpha value is -0.980. The predicted molar refractivity (Wildman–Crippen MR) is 90.7 cm³/mol. The molecule has 118 valence electrons. The minimum Gasteiger partial charge on any atom is -0.389 e. The highest BCUT2D eigenvalue weighted by Crippen LogP contribution is 2.20. The Kier molecular flexibility index (Phi) is 6.31. The third kappa shape index (κ3) is 5.05. The Morgan fingerprint density at radius 1 is 1.14 bits per heavy atom.